The normalized spacial score (nSPS) is 17.9. The molecule has 1 aromatic heterocycles. The van der Waals surface area contributed by atoms with Crippen LogP contribution >= 0.6 is 11.6 Å². The molecule has 6 heteroatoms. The van der Waals surface area contributed by atoms with Gasteiger partial charge in [-0.1, -0.05) is 29.8 Å². The van der Waals surface area contributed by atoms with Gasteiger partial charge in [-0.15, -0.1) is 0 Å². The third kappa shape index (κ3) is 3.09. The van der Waals surface area contributed by atoms with Crippen molar-refractivity contribution < 1.29 is 4.74 Å². The second-order valence-corrected chi connectivity index (χ2v) is 5.41. The minimum atomic E-state index is -0.324. The fourth-order valence-corrected chi connectivity index (χ4v) is 2.50. The van der Waals surface area contributed by atoms with Gasteiger partial charge in [-0.3, -0.25) is 4.79 Å². The van der Waals surface area contributed by atoms with E-state index < -0.39 is 0 Å². The molecule has 3 rings (SSSR count). The van der Waals surface area contributed by atoms with Crippen LogP contribution in [0.1, 0.15) is 6.42 Å². The van der Waals surface area contributed by atoms with E-state index in [0.29, 0.717) is 17.3 Å². The highest BCUT2D eigenvalue weighted by Crippen LogP contribution is 2.19. The number of anilines is 1. The molecule has 0 aliphatic carbocycles. The fraction of sp³-hybridized carbons (Fsp3) is 0.333. The summed E-state index contributed by atoms with van der Waals surface area (Å²) in [5.41, 5.74) is 0.941. The summed E-state index contributed by atoms with van der Waals surface area (Å²) in [6.07, 6.45) is 2.62. The van der Waals surface area contributed by atoms with Crippen molar-refractivity contribution in [1.29, 1.82) is 0 Å². The zero-order valence-electron chi connectivity index (χ0n) is 11.5. The number of nitrogens with one attached hydrogen (secondary N) is 1. The molecular formula is C15H16ClN3O2. The van der Waals surface area contributed by atoms with Crippen LogP contribution in [-0.2, 0) is 4.74 Å². The highest BCUT2D eigenvalue weighted by atomic mass is 35.5. The summed E-state index contributed by atoms with van der Waals surface area (Å²) >= 11 is 6.17. The summed E-state index contributed by atoms with van der Waals surface area (Å²) in [5, 5.41) is 7.53. The SMILES string of the molecule is O=c1c(Cl)c(NCC2CCOC2)cnn1-c1ccccc1. The van der Waals surface area contributed by atoms with E-state index in [1.54, 1.807) is 6.20 Å². The maximum absolute atomic E-state index is 12.3. The molecule has 2 heterocycles. The zero-order valence-corrected chi connectivity index (χ0v) is 12.2. The molecule has 1 unspecified atom stereocenters. The van der Waals surface area contributed by atoms with Crippen LogP contribution < -0.4 is 10.9 Å². The number of nitrogens with zero attached hydrogens (tertiary/aromatic N) is 2. The van der Waals surface area contributed by atoms with Crippen molar-refractivity contribution in [2.75, 3.05) is 25.1 Å². The molecule has 0 bridgehead atoms. The van der Waals surface area contributed by atoms with Crippen molar-refractivity contribution in [1.82, 2.24) is 9.78 Å². The Labute approximate surface area is 127 Å². The Bertz CT molecular complexity index is 666. The Morgan fingerprint density at radius 2 is 2.19 bits per heavy atom. The number of hydrogen-bond acceptors (Lipinski definition) is 4. The molecule has 0 amide bonds. The Balaban J connectivity index is 1.81. The Morgan fingerprint density at radius 1 is 1.38 bits per heavy atom. The molecule has 1 aliphatic heterocycles. The van der Waals surface area contributed by atoms with Gasteiger partial charge in [-0.2, -0.15) is 9.78 Å². The van der Waals surface area contributed by atoms with Crippen molar-refractivity contribution in [3.8, 4) is 5.69 Å². The summed E-state index contributed by atoms with van der Waals surface area (Å²) in [7, 11) is 0. The van der Waals surface area contributed by atoms with E-state index >= 15 is 0 Å². The van der Waals surface area contributed by atoms with E-state index in [1.165, 1.54) is 4.68 Å². The average molecular weight is 306 g/mol. The van der Waals surface area contributed by atoms with E-state index in [2.05, 4.69) is 10.4 Å². The first-order chi connectivity index (χ1) is 10.3. The van der Waals surface area contributed by atoms with Crippen LogP contribution in [0.2, 0.25) is 5.02 Å². The lowest BCUT2D eigenvalue weighted by Gasteiger charge is -2.12. The van der Waals surface area contributed by atoms with Crippen LogP contribution in [0.3, 0.4) is 0 Å². The molecule has 1 aromatic carbocycles. The molecule has 1 aliphatic rings. The smallest absolute Gasteiger partial charge is 0.292 e. The number of ether oxygens (including phenoxy) is 1. The van der Waals surface area contributed by atoms with Gasteiger partial charge in [0.2, 0.25) is 0 Å². The summed E-state index contributed by atoms with van der Waals surface area (Å²) in [6.45, 7) is 2.28. The minimum Gasteiger partial charge on any atom is -0.382 e. The summed E-state index contributed by atoms with van der Waals surface area (Å²) in [6, 6.07) is 9.21. The van der Waals surface area contributed by atoms with E-state index in [4.69, 9.17) is 16.3 Å². The third-order valence-electron chi connectivity index (χ3n) is 3.52. The quantitative estimate of drug-likeness (QED) is 0.942. The van der Waals surface area contributed by atoms with E-state index in [0.717, 1.165) is 26.2 Å². The molecule has 2 aromatic rings. The molecule has 21 heavy (non-hydrogen) atoms. The Hall–Kier alpha value is -1.85. The zero-order chi connectivity index (χ0) is 14.7. The first-order valence-corrected chi connectivity index (χ1v) is 7.28. The summed E-state index contributed by atoms with van der Waals surface area (Å²) < 4.78 is 6.62. The number of hydrogen-bond donors (Lipinski definition) is 1. The second kappa shape index (κ2) is 6.28. The Kier molecular flexibility index (Phi) is 4.22. The van der Waals surface area contributed by atoms with Crippen LogP contribution in [0.25, 0.3) is 5.69 Å². The molecule has 1 fully saturated rings. The van der Waals surface area contributed by atoms with Crippen molar-refractivity contribution in [2.45, 2.75) is 6.42 Å². The summed E-state index contributed by atoms with van der Waals surface area (Å²) in [4.78, 5) is 12.3. The van der Waals surface area contributed by atoms with Crippen molar-refractivity contribution >= 4 is 17.3 Å². The topological polar surface area (TPSA) is 56.1 Å². The number of para-hydroxylation sites is 1. The maximum Gasteiger partial charge on any atom is 0.292 e. The van der Waals surface area contributed by atoms with Gasteiger partial charge < -0.3 is 10.1 Å². The maximum atomic E-state index is 12.3. The number of benzene rings is 1. The molecule has 0 spiro atoms. The molecule has 0 saturated carbocycles. The van der Waals surface area contributed by atoms with Gasteiger partial charge in [0.25, 0.3) is 5.56 Å². The molecule has 0 radical (unpaired) electrons. The Morgan fingerprint density at radius 3 is 2.90 bits per heavy atom. The standard InChI is InChI=1S/C15H16ClN3O2/c16-14-13(17-8-11-6-7-21-10-11)9-18-19(15(14)20)12-4-2-1-3-5-12/h1-5,9,11,17H,6-8,10H2. The monoisotopic (exact) mass is 305 g/mol. The number of rotatable bonds is 4. The predicted octanol–water partition coefficient (Wildman–Crippen LogP) is 2.33. The van der Waals surface area contributed by atoms with Gasteiger partial charge in [0.15, 0.2) is 0 Å². The van der Waals surface area contributed by atoms with Gasteiger partial charge in [-0.05, 0) is 18.6 Å². The molecule has 1 saturated heterocycles. The lowest BCUT2D eigenvalue weighted by atomic mass is 10.1. The lowest BCUT2D eigenvalue weighted by Crippen LogP contribution is -2.24. The third-order valence-corrected chi connectivity index (χ3v) is 3.89. The van der Waals surface area contributed by atoms with Gasteiger partial charge in [0, 0.05) is 19.1 Å². The van der Waals surface area contributed by atoms with Crippen molar-refractivity contribution in [2.24, 2.45) is 5.92 Å². The highest BCUT2D eigenvalue weighted by Gasteiger charge is 2.17. The van der Waals surface area contributed by atoms with E-state index in [-0.39, 0.29) is 10.6 Å². The van der Waals surface area contributed by atoms with Crippen LogP contribution in [0.4, 0.5) is 5.69 Å². The number of aromatic nitrogens is 2. The molecule has 5 nitrogen and oxygen atoms in total. The van der Waals surface area contributed by atoms with Crippen molar-refractivity contribution in [3.63, 3.8) is 0 Å². The van der Waals surface area contributed by atoms with Crippen molar-refractivity contribution in [3.05, 3.63) is 51.9 Å². The first-order valence-electron chi connectivity index (χ1n) is 6.90. The van der Waals surface area contributed by atoms with E-state index in [1.807, 2.05) is 30.3 Å². The van der Waals surface area contributed by atoms with Gasteiger partial charge in [0.1, 0.15) is 5.02 Å². The first kappa shape index (κ1) is 14.1. The van der Waals surface area contributed by atoms with E-state index in [9.17, 15) is 4.79 Å². The minimum absolute atomic E-state index is 0.160. The van der Waals surface area contributed by atoms with Gasteiger partial charge in [0.05, 0.1) is 24.2 Å². The van der Waals surface area contributed by atoms with Gasteiger partial charge >= 0.3 is 0 Å². The van der Waals surface area contributed by atoms with Crippen LogP contribution in [0.15, 0.2) is 41.3 Å². The summed E-state index contributed by atoms with van der Waals surface area (Å²) in [5.74, 6) is 0.456. The average Bonchev–Trinajstić information content (AvgIpc) is 3.03. The van der Waals surface area contributed by atoms with Crippen LogP contribution in [-0.4, -0.2) is 29.5 Å². The number of halogens is 1. The molecular weight excluding hydrogens is 290 g/mol. The largest absolute Gasteiger partial charge is 0.382 e. The fourth-order valence-electron chi connectivity index (χ4n) is 2.31. The van der Waals surface area contributed by atoms with Crippen LogP contribution in [0.5, 0.6) is 0 Å². The van der Waals surface area contributed by atoms with Gasteiger partial charge in [-0.25, -0.2) is 0 Å². The second-order valence-electron chi connectivity index (χ2n) is 5.04. The molecule has 1 atom stereocenters. The highest BCUT2D eigenvalue weighted by molar-refractivity contribution is 6.32. The lowest BCUT2D eigenvalue weighted by molar-refractivity contribution is 0.187. The molecule has 110 valence electrons. The predicted molar refractivity (Wildman–Crippen MR) is 82.3 cm³/mol. The molecule has 1 N–H and O–H groups in total. The van der Waals surface area contributed by atoms with Crippen LogP contribution in [0, 0.1) is 5.92 Å².